The van der Waals surface area contributed by atoms with Gasteiger partial charge >= 0.3 is 0 Å². The van der Waals surface area contributed by atoms with Gasteiger partial charge in [0.15, 0.2) is 0 Å². The first-order chi connectivity index (χ1) is 21.0. The van der Waals surface area contributed by atoms with Gasteiger partial charge in [0.2, 0.25) is 0 Å². The largest absolute Gasteiger partial charge is 0.508 e. The van der Waals surface area contributed by atoms with Crippen LogP contribution in [0.25, 0.3) is 33.4 Å². The Kier molecular flexibility index (Phi) is 9.06. The standard InChI is InChI=1S/C43H44O/c1-9-10-38(44)22-33(8)39-23-34(17-13-28(39)3)35-18-15-31(6)42(25-35)43-26-37(20-16-32(43)7)36-19-14-30(5)41(24-36)40-21-27(2)11-12-29(40)4/h9-23,25-26,41,44H,8,24H2,1-7H3/b10-9-,38-22+. The summed E-state index contributed by atoms with van der Waals surface area (Å²) in [7, 11) is 0. The molecular formula is C43H44O. The van der Waals surface area contributed by atoms with E-state index < -0.39 is 0 Å². The van der Waals surface area contributed by atoms with E-state index in [0.29, 0.717) is 5.92 Å². The topological polar surface area (TPSA) is 20.2 Å². The predicted octanol–water partition coefficient (Wildman–Crippen LogP) is 12.1. The van der Waals surface area contributed by atoms with Gasteiger partial charge in [0.25, 0.3) is 0 Å². The van der Waals surface area contributed by atoms with Gasteiger partial charge in [-0.25, -0.2) is 0 Å². The maximum atomic E-state index is 10.2. The molecule has 0 aliphatic heterocycles. The van der Waals surface area contributed by atoms with Crippen molar-refractivity contribution < 1.29 is 5.11 Å². The van der Waals surface area contributed by atoms with E-state index in [0.717, 1.165) is 34.2 Å². The normalized spacial score (nSPS) is 15.3. The fraction of sp³-hybridized carbons (Fsp3) is 0.209. The highest BCUT2D eigenvalue weighted by atomic mass is 16.3. The Hall–Kier alpha value is -4.62. The molecule has 222 valence electrons. The molecule has 5 rings (SSSR count). The zero-order chi connectivity index (χ0) is 31.5. The van der Waals surface area contributed by atoms with E-state index in [9.17, 15) is 5.11 Å². The fourth-order valence-corrected chi connectivity index (χ4v) is 6.33. The van der Waals surface area contributed by atoms with Crippen LogP contribution in [0.1, 0.15) is 70.7 Å². The second kappa shape index (κ2) is 12.9. The summed E-state index contributed by atoms with van der Waals surface area (Å²) < 4.78 is 0. The van der Waals surface area contributed by atoms with Gasteiger partial charge in [-0.15, -0.1) is 0 Å². The van der Waals surface area contributed by atoms with E-state index in [1.165, 1.54) is 55.7 Å². The molecule has 1 nitrogen and oxygen atoms in total. The molecule has 1 aliphatic rings. The van der Waals surface area contributed by atoms with Crippen molar-refractivity contribution in [1.82, 2.24) is 0 Å². The van der Waals surface area contributed by atoms with Crippen molar-refractivity contribution in [1.29, 1.82) is 0 Å². The van der Waals surface area contributed by atoms with E-state index in [-0.39, 0.29) is 5.76 Å². The zero-order valence-electron chi connectivity index (χ0n) is 27.3. The van der Waals surface area contributed by atoms with Gasteiger partial charge in [0.05, 0.1) is 0 Å². The first kappa shape index (κ1) is 30.8. The highest BCUT2D eigenvalue weighted by molar-refractivity contribution is 5.83. The molecule has 44 heavy (non-hydrogen) atoms. The highest BCUT2D eigenvalue weighted by Gasteiger charge is 2.22. The van der Waals surface area contributed by atoms with Gasteiger partial charge in [-0.2, -0.15) is 0 Å². The second-order valence-electron chi connectivity index (χ2n) is 12.4. The molecule has 0 radical (unpaired) electrons. The van der Waals surface area contributed by atoms with Crippen LogP contribution >= 0.6 is 0 Å². The van der Waals surface area contributed by atoms with Gasteiger partial charge in [-0.3, -0.25) is 0 Å². The summed E-state index contributed by atoms with van der Waals surface area (Å²) >= 11 is 0. The van der Waals surface area contributed by atoms with Crippen molar-refractivity contribution in [2.75, 3.05) is 0 Å². The Morgan fingerprint density at radius 3 is 1.98 bits per heavy atom. The molecule has 0 amide bonds. The first-order valence-electron chi connectivity index (χ1n) is 15.6. The number of rotatable bonds is 7. The van der Waals surface area contributed by atoms with E-state index >= 15 is 0 Å². The van der Waals surface area contributed by atoms with Crippen LogP contribution in [-0.4, -0.2) is 5.11 Å². The molecule has 0 heterocycles. The Labute approximate surface area is 264 Å². The minimum absolute atomic E-state index is 0.203. The van der Waals surface area contributed by atoms with Crippen molar-refractivity contribution in [3.63, 3.8) is 0 Å². The molecule has 0 spiro atoms. The Morgan fingerprint density at radius 2 is 1.30 bits per heavy atom. The molecule has 0 fully saturated rings. The van der Waals surface area contributed by atoms with E-state index in [1.807, 2.05) is 13.0 Å². The molecule has 0 bridgehead atoms. The molecule has 4 aromatic carbocycles. The van der Waals surface area contributed by atoms with Crippen molar-refractivity contribution in [3.8, 4) is 22.3 Å². The van der Waals surface area contributed by atoms with E-state index in [1.54, 1.807) is 12.2 Å². The lowest BCUT2D eigenvalue weighted by atomic mass is 9.78. The maximum absolute atomic E-state index is 10.2. The van der Waals surface area contributed by atoms with E-state index in [4.69, 9.17) is 0 Å². The molecule has 4 aromatic rings. The van der Waals surface area contributed by atoms with Crippen LogP contribution in [0.3, 0.4) is 0 Å². The number of hydrogen-bond acceptors (Lipinski definition) is 1. The van der Waals surface area contributed by atoms with E-state index in [2.05, 4.69) is 133 Å². The summed E-state index contributed by atoms with van der Waals surface area (Å²) in [5, 5.41) is 10.2. The molecule has 1 heteroatoms. The Balaban J connectivity index is 1.51. The number of aryl methyl sites for hydroxylation is 5. The predicted molar refractivity (Wildman–Crippen MR) is 191 cm³/mol. The average Bonchev–Trinajstić information content (AvgIpc) is 3.00. The van der Waals surface area contributed by atoms with Crippen LogP contribution in [0.15, 0.2) is 121 Å². The average molecular weight is 577 g/mol. The molecule has 1 unspecified atom stereocenters. The van der Waals surface area contributed by atoms with Gasteiger partial charge < -0.3 is 5.11 Å². The number of aliphatic hydroxyl groups is 1. The van der Waals surface area contributed by atoms with Crippen LogP contribution in [-0.2, 0) is 0 Å². The van der Waals surface area contributed by atoms with Crippen LogP contribution < -0.4 is 0 Å². The van der Waals surface area contributed by atoms with Crippen molar-refractivity contribution in [3.05, 3.63) is 166 Å². The summed E-state index contributed by atoms with van der Waals surface area (Å²) in [6.07, 6.45) is 10.9. The highest BCUT2D eigenvalue weighted by Crippen LogP contribution is 2.41. The fourth-order valence-electron chi connectivity index (χ4n) is 6.33. The third-order valence-electron chi connectivity index (χ3n) is 9.04. The second-order valence-corrected chi connectivity index (χ2v) is 12.4. The third kappa shape index (κ3) is 6.48. The Morgan fingerprint density at radius 1 is 0.705 bits per heavy atom. The lowest BCUT2D eigenvalue weighted by Crippen LogP contribution is -2.08. The number of hydrogen-bond donors (Lipinski definition) is 1. The number of aliphatic hydroxyl groups excluding tert-OH is 1. The molecule has 1 N–H and O–H groups in total. The number of allylic oxidation sites excluding steroid dienone is 8. The molecular weight excluding hydrogens is 532 g/mol. The molecule has 0 saturated carbocycles. The minimum Gasteiger partial charge on any atom is -0.508 e. The summed E-state index contributed by atoms with van der Waals surface area (Å²) in [5.41, 5.74) is 18.5. The van der Waals surface area contributed by atoms with Crippen LogP contribution in [0.5, 0.6) is 0 Å². The first-order valence-corrected chi connectivity index (χ1v) is 15.6. The maximum Gasteiger partial charge on any atom is 0.115 e. The smallest absolute Gasteiger partial charge is 0.115 e. The third-order valence-corrected chi connectivity index (χ3v) is 9.04. The summed E-state index contributed by atoms with van der Waals surface area (Å²) in [5.74, 6) is 0.597. The SMILES string of the molecule is C=C(/C=C(O)\C=C/C)c1cc(-c2ccc(C)c(-c3cc(C4=CC=C(C)C(c5cc(C)ccc5C)C4)ccc3C)c2)ccc1C. The van der Waals surface area contributed by atoms with Gasteiger partial charge in [-0.05, 0) is 158 Å². The quantitative estimate of drug-likeness (QED) is 0.171. The van der Waals surface area contributed by atoms with Crippen molar-refractivity contribution >= 4 is 11.1 Å². The number of benzene rings is 4. The van der Waals surface area contributed by atoms with Gasteiger partial charge in [-0.1, -0.05) is 90.5 Å². The van der Waals surface area contributed by atoms with Crippen molar-refractivity contribution in [2.24, 2.45) is 0 Å². The molecule has 0 saturated heterocycles. The monoisotopic (exact) mass is 576 g/mol. The minimum atomic E-state index is 0.203. The van der Waals surface area contributed by atoms with Crippen molar-refractivity contribution in [2.45, 2.75) is 60.8 Å². The summed E-state index contributed by atoms with van der Waals surface area (Å²) in [4.78, 5) is 0. The van der Waals surface area contributed by atoms with Crippen LogP contribution in [0, 0.1) is 34.6 Å². The van der Waals surface area contributed by atoms with Crippen LogP contribution in [0.2, 0.25) is 0 Å². The zero-order valence-corrected chi connectivity index (χ0v) is 27.3. The summed E-state index contributed by atoms with van der Waals surface area (Å²) in [6.45, 7) is 19.3. The molecule has 0 aromatic heterocycles. The van der Waals surface area contributed by atoms with Gasteiger partial charge in [0.1, 0.15) is 5.76 Å². The lowest BCUT2D eigenvalue weighted by molar-refractivity contribution is 0.433. The molecule has 1 atom stereocenters. The summed E-state index contributed by atoms with van der Waals surface area (Å²) in [6, 6.07) is 27.0. The van der Waals surface area contributed by atoms with Gasteiger partial charge in [0, 0.05) is 5.92 Å². The lowest BCUT2D eigenvalue weighted by Gasteiger charge is -2.26. The molecule has 1 aliphatic carbocycles. The van der Waals surface area contributed by atoms with Crippen LogP contribution in [0.4, 0.5) is 0 Å². The Bertz CT molecular complexity index is 1870.